The van der Waals surface area contributed by atoms with Crippen molar-refractivity contribution in [2.75, 3.05) is 6.61 Å². The number of hydrogen-bond acceptors (Lipinski definition) is 5. The molecule has 1 aromatic carbocycles. The average molecular weight is 622 g/mol. The van der Waals surface area contributed by atoms with E-state index < -0.39 is 35.9 Å². The van der Waals surface area contributed by atoms with Crippen LogP contribution in [-0.4, -0.2) is 41.3 Å². The van der Waals surface area contributed by atoms with E-state index in [1.165, 1.54) is 0 Å². The molecule has 8 heteroatoms. The van der Waals surface area contributed by atoms with Gasteiger partial charge in [0.2, 0.25) is 0 Å². The number of nitrogens with zero attached hydrogens (tertiary/aromatic N) is 2. The predicted octanol–water partition coefficient (Wildman–Crippen LogP) is 2.94. The van der Waals surface area contributed by atoms with Crippen LogP contribution in [0.25, 0.3) is 0 Å². The number of aliphatic imine (C=N–C) groups is 1. The summed E-state index contributed by atoms with van der Waals surface area (Å²) in [5.74, 6) is 0.717. The van der Waals surface area contributed by atoms with Crippen LogP contribution in [0.15, 0.2) is 44.0 Å². The summed E-state index contributed by atoms with van der Waals surface area (Å²) < 4.78 is 18.0. The molecule has 3 unspecified atom stereocenters. The standard InChI is InChI=1S/C23H35BrIN2O3Si/c1-23(2,3)31(4,5)30-19(17-11-7-6-8-12-17)15-18(28)22-26-20(24)16-25-27(22)21-13-9-10-14-29-21/h6-8,11-12,16,18-19,21,28H,9-10,13-15H2,1-5H3/q-1. The summed E-state index contributed by atoms with van der Waals surface area (Å²) in [5, 5.41) is 11.5. The Morgan fingerprint density at radius 2 is 2.00 bits per heavy atom. The molecule has 31 heavy (non-hydrogen) atoms. The molecule has 1 fully saturated rings. The van der Waals surface area contributed by atoms with Gasteiger partial charge in [0.05, 0.1) is 0 Å². The van der Waals surface area contributed by atoms with Crippen LogP contribution in [0.2, 0.25) is 18.1 Å². The van der Waals surface area contributed by atoms with Crippen LogP contribution in [0.1, 0.15) is 58.1 Å². The molecular weight excluding hydrogens is 587 g/mol. The van der Waals surface area contributed by atoms with E-state index >= 15 is 0 Å². The first-order valence-corrected chi connectivity index (χ1v) is 16.9. The molecule has 0 spiro atoms. The first-order chi connectivity index (χ1) is 14.6. The maximum absolute atomic E-state index is 11.4. The van der Waals surface area contributed by atoms with Crippen LogP contribution in [0.5, 0.6) is 0 Å². The predicted molar refractivity (Wildman–Crippen MR) is 128 cm³/mol. The molecule has 1 aromatic rings. The Labute approximate surface area is 207 Å². The van der Waals surface area contributed by atoms with Gasteiger partial charge in [-0.3, -0.25) is 0 Å². The molecule has 3 atom stereocenters. The molecule has 0 aromatic heterocycles. The molecule has 2 heterocycles. The van der Waals surface area contributed by atoms with Crippen molar-refractivity contribution in [2.45, 2.75) is 83.0 Å². The van der Waals surface area contributed by atoms with Crippen molar-refractivity contribution in [2.24, 2.45) is 4.99 Å². The van der Waals surface area contributed by atoms with E-state index in [0.29, 0.717) is 12.3 Å². The van der Waals surface area contributed by atoms with Crippen molar-refractivity contribution in [1.29, 1.82) is 0 Å². The second-order valence-electron chi connectivity index (χ2n) is 9.66. The molecule has 0 radical (unpaired) electrons. The van der Waals surface area contributed by atoms with Crippen LogP contribution in [-0.2, 0) is 9.16 Å². The van der Waals surface area contributed by atoms with Gasteiger partial charge in [0, 0.05) is 0 Å². The number of ether oxygens (including phenoxy) is 1. The molecule has 5 nitrogen and oxygen atoms in total. The normalized spacial score (nSPS) is 22.8. The van der Waals surface area contributed by atoms with E-state index in [2.05, 4.69) is 69.1 Å². The topological polar surface area (TPSA) is 54.3 Å². The zero-order valence-corrected chi connectivity index (χ0v) is 23.9. The second-order valence-corrected chi connectivity index (χ2v) is 17.4. The Kier molecular flexibility index (Phi) is 8.82. The van der Waals surface area contributed by atoms with Gasteiger partial charge in [-0.25, -0.2) is 0 Å². The van der Waals surface area contributed by atoms with Gasteiger partial charge >= 0.3 is 208 Å². The number of amidine groups is 1. The Balaban J connectivity index is 1.84. The van der Waals surface area contributed by atoms with E-state index in [0.717, 1.165) is 36.0 Å². The monoisotopic (exact) mass is 621 g/mol. The molecule has 0 saturated carbocycles. The SMILES string of the molecule is CC(C)(C)[Si](C)(C)OC(CC(O)C1=NC(Br)=C[I-]N1C1CCCCO1)c1ccccc1. The van der Waals surface area contributed by atoms with Crippen LogP contribution in [0, 0.1) is 0 Å². The summed E-state index contributed by atoms with van der Waals surface area (Å²) in [6.07, 6.45) is 2.83. The molecule has 174 valence electrons. The zero-order chi connectivity index (χ0) is 22.6. The van der Waals surface area contributed by atoms with Gasteiger partial charge in [-0.05, 0) is 0 Å². The number of benzene rings is 1. The van der Waals surface area contributed by atoms with Gasteiger partial charge in [-0.2, -0.15) is 0 Å². The van der Waals surface area contributed by atoms with Gasteiger partial charge in [0.25, 0.3) is 0 Å². The maximum atomic E-state index is 11.4. The number of aliphatic hydroxyl groups is 1. The van der Waals surface area contributed by atoms with Crippen molar-refractivity contribution in [3.63, 3.8) is 0 Å². The number of rotatable bonds is 7. The van der Waals surface area contributed by atoms with Crippen molar-refractivity contribution in [3.8, 4) is 0 Å². The molecule has 1 saturated heterocycles. The molecule has 0 bridgehead atoms. The molecule has 3 rings (SSSR count). The van der Waals surface area contributed by atoms with Crippen molar-refractivity contribution >= 4 is 30.1 Å². The fourth-order valence-corrected chi connectivity index (χ4v) is 7.59. The average Bonchev–Trinajstić information content (AvgIpc) is 2.73. The minimum atomic E-state index is -2.03. The van der Waals surface area contributed by atoms with Crippen molar-refractivity contribution < 1.29 is 35.7 Å². The van der Waals surface area contributed by atoms with E-state index in [4.69, 9.17) is 14.2 Å². The number of hydrogen-bond donors (Lipinski definition) is 1. The molecule has 2 aliphatic heterocycles. The Bertz CT molecular complexity index is 792. The molecule has 2 aliphatic rings. The molecule has 0 aliphatic carbocycles. The van der Waals surface area contributed by atoms with E-state index in [1.807, 2.05) is 18.2 Å². The first-order valence-electron chi connectivity index (χ1n) is 11.0. The molecule has 1 N–H and O–H groups in total. The summed E-state index contributed by atoms with van der Waals surface area (Å²) in [5.41, 5.74) is 1.10. The van der Waals surface area contributed by atoms with Gasteiger partial charge in [-0.1, -0.05) is 0 Å². The molecular formula is C23H35BrIN2O3Si-. The van der Waals surface area contributed by atoms with Crippen LogP contribution >= 0.6 is 15.9 Å². The van der Waals surface area contributed by atoms with Crippen LogP contribution in [0.4, 0.5) is 0 Å². The molecule has 0 amide bonds. The summed E-state index contributed by atoms with van der Waals surface area (Å²) in [6, 6.07) is 10.3. The van der Waals surface area contributed by atoms with Crippen LogP contribution < -0.4 is 21.5 Å². The summed E-state index contributed by atoms with van der Waals surface area (Å²) >= 11 is 3.09. The Morgan fingerprint density at radius 3 is 2.61 bits per heavy atom. The van der Waals surface area contributed by atoms with Crippen molar-refractivity contribution in [3.05, 3.63) is 44.6 Å². The van der Waals surface area contributed by atoms with E-state index in [9.17, 15) is 5.11 Å². The van der Waals surface area contributed by atoms with Gasteiger partial charge < -0.3 is 0 Å². The Morgan fingerprint density at radius 1 is 1.29 bits per heavy atom. The first kappa shape index (κ1) is 25.4. The number of aliphatic hydroxyl groups excluding tert-OH is 1. The van der Waals surface area contributed by atoms with Crippen molar-refractivity contribution in [1.82, 2.24) is 3.11 Å². The third-order valence-electron chi connectivity index (χ3n) is 6.24. The summed E-state index contributed by atoms with van der Waals surface area (Å²) in [4.78, 5) is 4.70. The summed E-state index contributed by atoms with van der Waals surface area (Å²) in [6.45, 7) is 12.0. The third-order valence-corrected chi connectivity index (χ3v) is 14.6. The van der Waals surface area contributed by atoms with Gasteiger partial charge in [0.15, 0.2) is 0 Å². The fourth-order valence-electron chi connectivity index (χ4n) is 3.41. The van der Waals surface area contributed by atoms with E-state index in [1.54, 1.807) is 0 Å². The zero-order valence-electron chi connectivity index (χ0n) is 19.1. The fraction of sp³-hybridized carbons (Fsp3) is 0.609. The van der Waals surface area contributed by atoms with E-state index in [-0.39, 0.29) is 17.4 Å². The second kappa shape index (κ2) is 10.8. The van der Waals surface area contributed by atoms with Gasteiger partial charge in [0.1, 0.15) is 0 Å². The quantitative estimate of drug-likeness (QED) is 0.220. The minimum absolute atomic E-state index is 0.0169. The Hall–Kier alpha value is -0.263. The van der Waals surface area contributed by atoms with Crippen LogP contribution in [0.3, 0.4) is 0 Å². The summed E-state index contributed by atoms with van der Waals surface area (Å²) in [7, 11) is -2.03. The number of halogens is 2. The van der Waals surface area contributed by atoms with Gasteiger partial charge in [-0.15, -0.1) is 0 Å². The third kappa shape index (κ3) is 6.63.